The number of unbranched alkanes of at least 4 members (excludes halogenated alkanes) is 27. The second kappa shape index (κ2) is 63.3. The van der Waals surface area contributed by atoms with E-state index in [-0.39, 0.29) is 32.0 Å². The fourth-order valence-corrected chi connectivity index (χ4v) is 8.65. The smallest absolute Gasteiger partial charge is 0.310 e. The molecular weight excluding hydrogens is 937 g/mol. The molecule has 0 radical (unpaired) electrons. The molecule has 0 amide bonds. The van der Waals surface area contributed by atoms with Gasteiger partial charge in [-0.2, -0.15) is 0 Å². The number of allylic oxidation sites excluding steroid dienone is 18. The lowest BCUT2D eigenvalue weighted by atomic mass is 10.0. The van der Waals surface area contributed by atoms with Crippen molar-refractivity contribution in [2.75, 3.05) is 13.2 Å². The zero-order chi connectivity index (χ0) is 55.0. The van der Waals surface area contributed by atoms with Crippen molar-refractivity contribution in [3.05, 3.63) is 122 Å². The van der Waals surface area contributed by atoms with Gasteiger partial charge in [0, 0.05) is 6.42 Å². The number of ether oxygens (including phenoxy) is 3. The summed E-state index contributed by atoms with van der Waals surface area (Å²) in [7, 11) is 0. The van der Waals surface area contributed by atoms with Gasteiger partial charge in [-0.3, -0.25) is 14.4 Å². The summed E-state index contributed by atoms with van der Waals surface area (Å²) in [4.78, 5) is 38.1. The van der Waals surface area contributed by atoms with Crippen molar-refractivity contribution < 1.29 is 28.6 Å². The molecule has 0 aliphatic heterocycles. The van der Waals surface area contributed by atoms with Crippen molar-refractivity contribution in [3.8, 4) is 0 Å². The predicted molar refractivity (Wildman–Crippen MR) is 330 cm³/mol. The van der Waals surface area contributed by atoms with Gasteiger partial charge in [-0.15, -0.1) is 0 Å². The van der Waals surface area contributed by atoms with Crippen LogP contribution in [0.1, 0.15) is 284 Å². The molecule has 0 fully saturated rings. The van der Waals surface area contributed by atoms with E-state index < -0.39 is 18.0 Å². The minimum atomic E-state index is -0.875. The molecule has 432 valence electrons. The first-order valence-electron chi connectivity index (χ1n) is 31.5. The van der Waals surface area contributed by atoms with Gasteiger partial charge < -0.3 is 14.2 Å². The van der Waals surface area contributed by atoms with Gasteiger partial charge in [0.05, 0.1) is 12.8 Å². The molecule has 1 unspecified atom stereocenters. The van der Waals surface area contributed by atoms with E-state index >= 15 is 0 Å². The van der Waals surface area contributed by atoms with Gasteiger partial charge in [0.25, 0.3) is 0 Å². The van der Waals surface area contributed by atoms with Gasteiger partial charge in [-0.1, -0.05) is 316 Å². The molecule has 6 heteroatoms. The van der Waals surface area contributed by atoms with Crippen LogP contribution in [-0.2, 0) is 28.6 Å². The Hall–Kier alpha value is -4.19. The Kier molecular flexibility index (Phi) is 59.9. The van der Waals surface area contributed by atoms with Gasteiger partial charge in [-0.05, 0) is 70.6 Å². The minimum absolute atomic E-state index is 0.0750. The SMILES string of the molecule is CC/C=C\C/C=C\C/C=C\C/C=C\C/C=C\CC(=O)OCC(COC(=O)CCCCCCCCCCCCCCCCCCCCCCCCCCCCCC)OC(=O)C/C=C\C/C=C\C/C=C\C/C=C\C/C=C\CC. The highest BCUT2D eigenvalue weighted by Crippen LogP contribution is 2.17. The zero-order valence-corrected chi connectivity index (χ0v) is 49.5. The molecule has 0 aromatic rings. The van der Waals surface area contributed by atoms with Crippen LogP contribution in [0.25, 0.3) is 0 Å². The zero-order valence-electron chi connectivity index (χ0n) is 49.5. The highest BCUT2D eigenvalue weighted by atomic mass is 16.6. The lowest BCUT2D eigenvalue weighted by Crippen LogP contribution is -2.30. The standard InChI is InChI=1S/C70H116O6/c1-4-7-10-13-16-19-22-25-28-29-30-31-32-33-34-35-36-37-38-39-40-43-45-48-51-54-57-60-63-69(72)75-66-67(76-70(73)64-61-58-55-52-49-46-42-27-24-21-18-15-12-9-6-3)65-74-68(71)62-59-56-53-50-47-44-41-26-23-20-17-14-11-8-5-2/h8-9,11-12,17-18,20-21,26-27,41-42,47,49-50,52,56,58-59,61,67H,4-7,10,13-16,19,22-25,28-40,43-46,48,51,53-55,57,60,62-66H2,1-3H3/b11-8-,12-9-,20-17-,21-18-,41-26-,42-27-,50-47-,52-49-,59-56-,61-58-. The van der Waals surface area contributed by atoms with Gasteiger partial charge in [0.15, 0.2) is 6.10 Å². The number of hydrogen-bond acceptors (Lipinski definition) is 6. The maximum Gasteiger partial charge on any atom is 0.310 e. The summed E-state index contributed by atoms with van der Waals surface area (Å²) in [6.07, 6.45) is 88.5. The first-order chi connectivity index (χ1) is 37.5. The Balaban J connectivity index is 4.36. The number of carbonyl (C=O) groups excluding carboxylic acids is 3. The quantitative estimate of drug-likeness (QED) is 0.0261. The molecule has 0 N–H and O–H groups in total. The molecule has 6 nitrogen and oxygen atoms in total. The summed E-state index contributed by atoms with van der Waals surface area (Å²) >= 11 is 0. The normalized spacial score (nSPS) is 12.9. The second-order valence-electron chi connectivity index (χ2n) is 20.6. The van der Waals surface area contributed by atoms with Crippen LogP contribution in [0.4, 0.5) is 0 Å². The third-order valence-corrected chi connectivity index (χ3v) is 13.3. The lowest BCUT2D eigenvalue weighted by Gasteiger charge is -2.17. The van der Waals surface area contributed by atoms with Crippen LogP contribution < -0.4 is 0 Å². The van der Waals surface area contributed by atoms with Crippen LogP contribution in [0.3, 0.4) is 0 Å². The molecule has 0 saturated carbocycles. The van der Waals surface area contributed by atoms with Crippen molar-refractivity contribution in [1.29, 1.82) is 0 Å². The Bertz CT molecular complexity index is 1590. The summed E-state index contributed by atoms with van der Waals surface area (Å²) in [6.45, 7) is 6.26. The molecule has 0 bridgehead atoms. The van der Waals surface area contributed by atoms with Gasteiger partial charge in [0.2, 0.25) is 0 Å². The summed E-state index contributed by atoms with van der Waals surface area (Å²) in [5, 5.41) is 0. The van der Waals surface area contributed by atoms with Crippen molar-refractivity contribution in [1.82, 2.24) is 0 Å². The van der Waals surface area contributed by atoms with E-state index in [2.05, 4.69) is 118 Å². The molecule has 0 aliphatic carbocycles. The van der Waals surface area contributed by atoms with Crippen molar-refractivity contribution in [3.63, 3.8) is 0 Å². The highest BCUT2D eigenvalue weighted by molar-refractivity contribution is 5.72. The van der Waals surface area contributed by atoms with E-state index in [1.807, 2.05) is 12.2 Å². The third-order valence-electron chi connectivity index (χ3n) is 13.3. The van der Waals surface area contributed by atoms with Gasteiger partial charge in [-0.25, -0.2) is 0 Å². The maximum atomic E-state index is 12.8. The van der Waals surface area contributed by atoms with Crippen LogP contribution in [0, 0.1) is 0 Å². The maximum absolute atomic E-state index is 12.8. The first kappa shape index (κ1) is 71.8. The summed E-state index contributed by atoms with van der Waals surface area (Å²) in [5.41, 5.74) is 0. The van der Waals surface area contributed by atoms with Crippen LogP contribution in [0.5, 0.6) is 0 Å². The van der Waals surface area contributed by atoms with Gasteiger partial charge >= 0.3 is 17.9 Å². The fraction of sp³-hybridized carbons (Fsp3) is 0.671. The average molecular weight is 1050 g/mol. The number of rotatable bonds is 56. The Morgan fingerprint density at radius 2 is 0.513 bits per heavy atom. The van der Waals surface area contributed by atoms with Crippen molar-refractivity contribution in [2.24, 2.45) is 0 Å². The summed E-state index contributed by atoms with van der Waals surface area (Å²) in [6, 6.07) is 0. The van der Waals surface area contributed by atoms with E-state index in [0.29, 0.717) is 12.8 Å². The van der Waals surface area contributed by atoms with E-state index in [1.54, 1.807) is 12.2 Å². The molecular formula is C70H116O6. The molecule has 0 spiro atoms. The fourth-order valence-electron chi connectivity index (χ4n) is 8.65. The van der Waals surface area contributed by atoms with Crippen LogP contribution in [-0.4, -0.2) is 37.2 Å². The Morgan fingerprint density at radius 3 is 0.803 bits per heavy atom. The monoisotopic (exact) mass is 1050 g/mol. The average Bonchev–Trinajstić information content (AvgIpc) is 3.42. The first-order valence-corrected chi connectivity index (χ1v) is 31.5. The lowest BCUT2D eigenvalue weighted by molar-refractivity contribution is -0.166. The van der Waals surface area contributed by atoms with E-state index in [0.717, 1.165) is 77.0 Å². The third kappa shape index (κ3) is 60.7. The van der Waals surface area contributed by atoms with Crippen LogP contribution in [0.15, 0.2) is 122 Å². The molecule has 0 aliphatic rings. The van der Waals surface area contributed by atoms with E-state index in [4.69, 9.17) is 14.2 Å². The molecule has 0 aromatic carbocycles. The second-order valence-corrected chi connectivity index (χ2v) is 20.6. The number of carbonyl (C=O) groups is 3. The number of hydrogen-bond donors (Lipinski definition) is 0. The summed E-state index contributed by atoms with van der Waals surface area (Å²) < 4.78 is 16.7. The predicted octanol–water partition coefficient (Wildman–Crippen LogP) is 21.6. The van der Waals surface area contributed by atoms with Gasteiger partial charge in [0.1, 0.15) is 13.2 Å². The van der Waals surface area contributed by atoms with E-state index in [1.165, 1.54) is 161 Å². The van der Waals surface area contributed by atoms with Crippen LogP contribution >= 0.6 is 0 Å². The molecule has 0 saturated heterocycles. The van der Waals surface area contributed by atoms with Crippen molar-refractivity contribution >= 4 is 17.9 Å². The molecule has 0 heterocycles. The van der Waals surface area contributed by atoms with Crippen molar-refractivity contribution in [2.45, 2.75) is 290 Å². The molecule has 0 rings (SSSR count). The highest BCUT2D eigenvalue weighted by Gasteiger charge is 2.19. The molecule has 76 heavy (non-hydrogen) atoms. The summed E-state index contributed by atoms with van der Waals surface area (Å²) in [5.74, 6) is -1.21. The van der Waals surface area contributed by atoms with E-state index in [9.17, 15) is 14.4 Å². The Labute approximate surface area is 469 Å². The Morgan fingerprint density at radius 1 is 0.276 bits per heavy atom. The molecule has 1 atom stereocenters. The number of esters is 3. The van der Waals surface area contributed by atoms with Crippen LogP contribution in [0.2, 0.25) is 0 Å². The largest absolute Gasteiger partial charge is 0.462 e. The molecule has 0 aromatic heterocycles. The topological polar surface area (TPSA) is 78.9 Å². The minimum Gasteiger partial charge on any atom is -0.462 e.